The quantitative estimate of drug-likeness (QED) is 0.803. The van der Waals surface area contributed by atoms with Gasteiger partial charge in [0.05, 0.1) is 5.54 Å². The number of carbonyl (C=O) groups excluding carboxylic acids is 1. The van der Waals surface area contributed by atoms with Crippen LogP contribution in [0.4, 0.5) is 0 Å². The summed E-state index contributed by atoms with van der Waals surface area (Å²) >= 11 is 0. The summed E-state index contributed by atoms with van der Waals surface area (Å²) in [6.07, 6.45) is 10.5. The Morgan fingerprint density at radius 3 is 2.16 bits per heavy atom. The van der Waals surface area contributed by atoms with Crippen LogP contribution < -0.4 is 5.73 Å². The average Bonchev–Trinajstić information content (AvgIpc) is 3.29. The van der Waals surface area contributed by atoms with E-state index in [1.165, 1.54) is 44.9 Å². The second-order valence-corrected chi connectivity index (χ2v) is 6.56. The van der Waals surface area contributed by atoms with Crippen LogP contribution in [0.15, 0.2) is 0 Å². The van der Waals surface area contributed by atoms with E-state index in [0.29, 0.717) is 6.04 Å². The Bertz CT molecular complexity index is 302. The normalized spacial score (nSPS) is 21.4. The Morgan fingerprint density at radius 2 is 1.68 bits per heavy atom. The molecule has 0 spiro atoms. The summed E-state index contributed by atoms with van der Waals surface area (Å²) in [5.74, 6) is 0.932. The van der Waals surface area contributed by atoms with Crippen molar-refractivity contribution < 1.29 is 4.79 Å². The molecule has 2 aliphatic rings. The molecule has 1 amide bonds. The predicted molar refractivity (Wildman–Crippen MR) is 78.8 cm³/mol. The van der Waals surface area contributed by atoms with Gasteiger partial charge in [-0.2, -0.15) is 0 Å². The molecule has 3 nitrogen and oxygen atoms in total. The van der Waals surface area contributed by atoms with Crippen LogP contribution in [0, 0.1) is 5.92 Å². The molecule has 0 atom stereocenters. The van der Waals surface area contributed by atoms with Crippen LogP contribution in [0.25, 0.3) is 0 Å². The predicted octanol–water partition coefficient (Wildman–Crippen LogP) is 3.08. The molecule has 0 saturated heterocycles. The highest BCUT2D eigenvalue weighted by atomic mass is 16.2. The zero-order valence-corrected chi connectivity index (χ0v) is 12.7. The molecule has 0 unspecified atom stereocenters. The van der Waals surface area contributed by atoms with Crippen LogP contribution in [-0.2, 0) is 4.79 Å². The first-order chi connectivity index (χ1) is 9.10. The lowest BCUT2D eigenvalue weighted by Gasteiger charge is -2.36. The molecule has 0 aromatic heterocycles. The van der Waals surface area contributed by atoms with E-state index in [9.17, 15) is 4.79 Å². The van der Waals surface area contributed by atoms with Gasteiger partial charge in [0.1, 0.15) is 0 Å². The fraction of sp³-hybridized carbons (Fsp3) is 0.938. The van der Waals surface area contributed by atoms with Crippen molar-refractivity contribution in [3.63, 3.8) is 0 Å². The van der Waals surface area contributed by atoms with Gasteiger partial charge in [-0.05, 0) is 44.4 Å². The number of amides is 1. The lowest BCUT2D eigenvalue weighted by molar-refractivity contribution is -0.138. The summed E-state index contributed by atoms with van der Waals surface area (Å²) in [7, 11) is 0. The van der Waals surface area contributed by atoms with Crippen molar-refractivity contribution in [2.45, 2.75) is 83.2 Å². The van der Waals surface area contributed by atoms with E-state index in [1.807, 2.05) is 13.8 Å². The van der Waals surface area contributed by atoms with Gasteiger partial charge in [-0.1, -0.05) is 33.1 Å². The van der Waals surface area contributed by atoms with Gasteiger partial charge in [0, 0.05) is 12.6 Å². The number of rotatable bonds is 6. The van der Waals surface area contributed by atoms with Crippen molar-refractivity contribution in [1.82, 2.24) is 4.90 Å². The Hall–Kier alpha value is -0.570. The van der Waals surface area contributed by atoms with Crippen LogP contribution in [0.2, 0.25) is 0 Å². The van der Waals surface area contributed by atoms with Gasteiger partial charge in [0.2, 0.25) is 5.91 Å². The third kappa shape index (κ3) is 3.50. The molecule has 2 N–H and O–H groups in total. The summed E-state index contributed by atoms with van der Waals surface area (Å²) < 4.78 is 0. The Kier molecular flexibility index (Phi) is 4.88. The minimum absolute atomic E-state index is 0.213. The van der Waals surface area contributed by atoms with Crippen LogP contribution in [0.5, 0.6) is 0 Å². The van der Waals surface area contributed by atoms with Crippen LogP contribution in [0.3, 0.4) is 0 Å². The third-order valence-electron chi connectivity index (χ3n) is 5.12. The maximum absolute atomic E-state index is 12.8. The van der Waals surface area contributed by atoms with E-state index in [1.54, 1.807) is 0 Å². The molecule has 0 aromatic rings. The molecular weight excluding hydrogens is 236 g/mol. The summed E-state index contributed by atoms with van der Waals surface area (Å²) in [5, 5.41) is 0. The molecule has 110 valence electrons. The number of carbonyl (C=O) groups is 1. The molecule has 2 fully saturated rings. The van der Waals surface area contributed by atoms with Gasteiger partial charge >= 0.3 is 0 Å². The highest BCUT2D eigenvalue weighted by Crippen LogP contribution is 2.33. The highest BCUT2D eigenvalue weighted by Gasteiger charge is 2.41. The van der Waals surface area contributed by atoms with Gasteiger partial charge in [-0.15, -0.1) is 0 Å². The van der Waals surface area contributed by atoms with Crippen molar-refractivity contribution in [2.24, 2.45) is 11.7 Å². The minimum atomic E-state index is -0.628. The number of nitrogens with zero attached hydrogens (tertiary/aromatic N) is 1. The minimum Gasteiger partial charge on any atom is -0.338 e. The molecular formula is C16H30N2O. The zero-order chi connectivity index (χ0) is 13.9. The topological polar surface area (TPSA) is 46.3 Å². The molecule has 19 heavy (non-hydrogen) atoms. The summed E-state index contributed by atoms with van der Waals surface area (Å²) in [4.78, 5) is 14.9. The van der Waals surface area contributed by atoms with Gasteiger partial charge in [-0.3, -0.25) is 4.79 Å². The molecule has 0 aromatic carbocycles. The summed E-state index contributed by atoms with van der Waals surface area (Å²) in [5.41, 5.74) is 5.69. The molecule has 2 rings (SSSR count). The zero-order valence-electron chi connectivity index (χ0n) is 12.7. The van der Waals surface area contributed by atoms with Crippen molar-refractivity contribution in [1.29, 1.82) is 0 Å². The van der Waals surface area contributed by atoms with E-state index in [-0.39, 0.29) is 5.91 Å². The standard InChI is InChI=1S/C16H30N2O/c1-3-16(17,4-2)15(19)18(14-10-11-14)12-13-8-6-5-7-9-13/h13-14H,3-12,17H2,1-2H3. The van der Waals surface area contributed by atoms with E-state index < -0.39 is 5.54 Å². The summed E-state index contributed by atoms with van der Waals surface area (Å²) in [6.45, 7) is 5.03. The Labute approximate surface area is 117 Å². The monoisotopic (exact) mass is 266 g/mol. The fourth-order valence-electron chi connectivity index (χ4n) is 3.27. The van der Waals surface area contributed by atoms with Crippen molar-refractivity contribution in [3.05, 3.63) is 0 Å². The number of hydrogen-bond acceptors (Lipinski definition) is 2. The molecule has 0 aliphatic heterocycles. The maximum atomic E-state index is 12.8. The first-order valence-corrected chi connectivity index (χ1v) is 8.20. The summed E-state index contributed by atoms with van der Waals surface area (Å²) in [6, 6.07) is 0.496. The molecule has 3 heteroatoms. The molecule has 0 bridgehead atoms. The van der Waals surface area contributed by atoms with Crippen molar-refractivity contribution in [3.8, 4) is 0 Å². The largest absolute Gasteiger partial charge is 0.338 e. The van der Waals surface area contributed by atoms with Crippen molar-refractivity contribution >= 4 is 5.91 Å². The van der Waals surface area contributed by atoms with Crippen LogP contribution in [-0.4, -0.2) is 28.9 Å². The van der Waals surface area contributed by atoms with E-state index in [4.69, 9.17) is 5.73 Å². The maximum Gasteiger partial charge on any atom is 0.242 e. The van der Waals surface area contributed by atoms with Crippen LogP contribution in [0.1, 0.15) is 71.6 Å². The second-order valence-electron chi connectivity index (χ2n) is 6.56. The lowest BCUT2D eigenvalue weighted by Crippen LogP contribution is -2.56. The third-order valence-corrected chi connectivity index (χ3v) is 5.12. The molecule has 2 saturated carbocycles. The van der Waals surface area contributed by atoms with Gasteiger partial charge in [0.15, 0.2) is 0 Å². The van der Waals surface area contributed by atoms with Gasteiger partial charge in [-0.25, -0.2) is 0 Å². The van der Waals surface area contributed by atoms with Crippen molar-refractivity contribution in [2.75, 3.05) is 6.54 Å². The Morgan fingerprint density at radius 1 is 1.11 bits per heavy atom. The fourth-order valence-corrected chi connectivity index (χ4v) is 3.27. The van der Waals surface area contributed by atoms with E-state index in [2.05, 4.69) is 4.90 Å². The Balaban J connectivity index is 2.00. The highest BCUT2D eigenvalue weighted by molar-refractivity contribution is 5.86. The molecule has 0 radical (unpaired) electrons. The van der Waals surface area contributed by atoms with Gasteiger partial charge < -0.3 is 10.6 Å². The lowest BCUT2D eigenvalue weighted by atomic mass is 9.87. The molecule has 0 heterocycles. The van der Waals surface area contributed by atoms with Crippen LogP contribution >= 0.6 is 0 Å². The average molecular weight is 266 g/mol. The van der Waals surface area contributed by atoms with E-state index >= 15 is 0 Å². The van der Waals surface area contributed by atoms with Gasteiger partial charge in [0.25, 0.3) is 0 Å². The SMILES string of the molecule is CCC(N)(CC)C(=O)N(CC1CCCCC1)C1CC1. The smallest absolute Gasteiger partial charge is 0.242 e. The molecule has 2 aliphatic carbocycles. The number of nitrogens with two attached hydrogens (primary N) is 1. The van der Waals surface area contributed by atoms with E-state index in [0.717, 1.165) is 25.3 Å². The first-order valence-electron chi connectivity index (χ1n) is 8.20. The second kappa shape index (κ2) is 6.25. The first kappa shape index (κ1) is 14.8. The number of hydrogen-bond donors (Lipinski definition) is 1.